The summed E-state index contributed by atoms with van der Waals surface area (Å²) in [6.07, 6.45) is 4.82. The summed E-state index contributed by atoms with van der Waals surface area (Å²) in [5.41, 5.74) is 1.01. The molecule has 5 atom stereocenters. The van der Waals surface area contributed by atoms with E-state index in [-0.39, 0.29) is 29.8 Å². The number of nitrogen functional groups attached to an aromatic ring is 1. The lowest BCUT2D eigenvalue weighted by Gasteiger charge is -2.32. The number of nitrogens with two attached hydrogens (primary N) is 1. The van der Waals surface area contributed by atoms with Gasteiger partial charge in [-0.05, 0) is 6.42 Å². The van der Waals surface area contributed by atoms with Crippen LogP contribution >= 0.6 is 0 Å². The number of aliphatic hydroxyl groups is 1. The third kappa shape index (κ3) is 2.56. The molecule has 3 heterocycles. The van der Waals surface area contributed by atoms with Crippen molar-refractivity contribution in [1.82, 2.24) is 19.5 Å². The zero-order chi connectivity index (χ0) is 22.6. The Kier molecular flexibility index (Phi) is 4.64. The predicted octanol–water partition coefficient (Wildman–Crippen LogP) is 0.385. The first-order chi connectivity index (χ1) is 14.7. The molecule has 0 radical (unpaired) electrons. The minimum absolute atomic E-state index is 0.0463. The lowest BCUT2D eigenvalue weighted by molar-refractivity contribution is -0.191. The van der Waals surface area contributed by atoms with Gasteiger partial charge < -0.3 is 25.1 Å². The number of nitrogens with zero attached hydrogens (tertiary/aromatic N) is 4. The lowest BCUT2D eigenvalue weighted by Crippen LogP contribution is -2.52. The molecule has 0 bridgehead atoms. The number of imidazole rings is 1. The van der Waals surface area contributed by atoms with Crippen LogP contribution in [0.15, 0.2) is 12.7 Å². The predicted molar refractivity (Wildman–Crippen MR) is 101 cm³/mol. The standard InChI is InChI=1S/C19H20FN5O6/c1-4-7-11(27)30-18-15(29-10(26)5-2)19(18,20)31-16(17(18,28)6-3)25-9-24-12-13(21)22-8-23-14(12)25/h3,8-9,15-16,28H,4-5,7H2,1-2H3,(H2,21,22,23)/t15?,16-,17+,18+,19-/m1/s1. The van der Waals surface area contributed by atoms with Gasteiger partial charge in [-0.15, -0.1) is 6.42 Å². The lowest BCUT2D eigenvalue weighted by atomic mass is 9.93. The van der Waals surface area contributed by atoms with Crippen LogP contribution in [-0.4, -0.2) is 59.7 Å². The molecule has 12 heteroatoms. The Morgan fingerprint density at radius 1 is 1.39 bits per heavy atom. The number of alkyl halides is 1. The molecule has 2 aromatic heterocycles. The fraction of sp³-hybridized carbons (Fsp3) is 0.526. The topological polar surface area (TPSA) is 152 Å². The van der Waals surface area contributed by atoms with Crippen LogP contribution in [0.5, 0.6) is 0 Å². The summed E-state index contributed by atoms with van der Waals surface area (Å²) in [5, 5.41) is 11.5. The molecule has 1 saturated carbocycles. The second kappa shape index (κ2) is 6.86. The van der Waals surface area contributed by atoms with Crippen LogP contribution in [0, 0.1) is 12.3 Å². The van der Waals surface area contributed by atoms with Crippen molar-refractivity contribution >= 4 is 28.9 Å². The van der Waals surface area contributed by atoms with Gasteiger partial charge in [0, 0.05) is 12.8 Å². The van der Waals surface area contributed by atoms with Crippen LogP contribution in [0.2, 0.25) is 0 Å². The minimum atomic E-state index is -2.89. The van der Waals surface area contributed by atoms with Crippen molar-refractivity contribution in [2.75, 3.05) is 5.73 Å². The largest absolute Gasteiger partial charge is 0.451 e. The highest BCUT2D eigenvalue weighted by molar-refractivity contribution is 5.81. The van der Waals surface area contributed by atoms with Gasteiger partial charge >= 0.3 is 17.8 Å². The molecule has 11 nitrogen and oxygen atoms in total. The molecular formula is C19H20FN5O6. The van der Waals surface area contributed by atoms with Gasteiger partial charge in [0.15, 0.2) is 17.7 Å². The number of ether oxygens (including phenoxy) is 3. The number of halogens is 1. The molecule has 0 spiro atoms. The summed E-state index contributed by atoms with van der Waals surface area (Å²) < 4.78 is 33.0. The molecule has 2 aromatic rings. The van der Waals surface area contributed by atoms with E-state index in [2.05, 4.69) is 20.9 Å². The summed E-state index contributed by atoms with van der Waals surface area (Å²) in [6, 6.07) is 0. The van der Waals surface area contributed by atoms with Crippen molar-refractivity contribution in [3.8, 4) is 12.3 Å². The molecule has 1 aliphatic heterocycles. The maximum Gasteiger partial charge on any atom is 0.306 e. The third-order valence-corrected chi connectivity index (χ3v) is 5.46. The number of esters is 2. The van der Waals surface area contributed by atoms with Crippen LogP contribution in [0.3, 0.4) is 0 Å². The van der Waals surface area contributed by atoms with E-state index in [1.165, 1.54) is 13.3 Å². The van der Waals surface area contributed by atoms with E-state index in [1.54, 1.807) is 6.92 Å². The van der Waals surface area contributed by atoms with Crippen molar-refractivity contribution in [3.05, 3.63) is 12.7 Å². The molecule has 164 valence electrons. The third-order valence-electron chi connectivity index (χ3n) is 5.46. The van der Waals surface area contributed by atoms with Crippen molar-refractivity contribution in [3.63, 3.8) is 0 Å². The van der Waals surface area contributed by atoms with Gasteiger partial charge in [-0.25, -0.2) is 19.3 Å². The van der Waals surface area contributed by atoms with E-state index < -0.39 is 41.3 Å². The van der Waals surface area contributed by atoms with E-state index in [0.29, 0.717) is 6.42 Å². The van der Waals surface area contributed by atoms with E-state index in [9.17, 15) is 14.7 Å². The Hall–Kier alpha value is -3.30. The molecule has 0 aromatic carbocycles. The van der Waals surface area contributed by atoms with Gasteiger partial charge in [-0.3, -0.25) is 14.2 Å². The first-order valence-corrected chi connectivity index (χ1v) is 9.61. The monoisotopic (exact) mass is 433 g/mol. The van der Waals surface area contributed by atoms with Crippen LogP contribution < -0.4 is 5.73 Å². The maximum absolute atomic E-state index is 16.0. The minimum Gasteiger partial charge on any atom is -0.451 e. The molecule has 2 fully saturated rings. The molecule has 4 rings (SSSR count). The molecule has 0 amide bonds. The van der Waals surface area contributed by atoms with E-state index >= 15 is 4.39 Å². The smallest absolute Gasteiger partial charge is 0.306 e. The quantitative estimate of drug-likeness (QED) is 0.483. The Labute approximate surface area is 175 Å². The molecule has 1 aliphatic carbocycles. The van der Waals surface area contributed by atoms with Crippen LogP contribution in [0.4, 0.5) is 10.2 Å². The van der Waals surface area contributed by atoms with Gasteiger partial charge in [0.25, 0.3) is 5.60 Å². The van der Waals surface area contributed by atoms with Crippen molar-refractivity contribution in [1.29, 1.82) is 0 Å². The maximum atomic E-state index is 16.0. The fourth-order valence-electron chi connectivity index (χ4n) is 3.89. The number of fused-ring (bicyclic) bond motifs is 2. The normalized spacial score (nSPS) is 33.5. The number of hydrogen-bond acceptors (Lipinski definition) is 10. The number of anilines is 1. The number of carbonyl (C=O) groups excluding carboxylic acids is 2. The highest BCUT2D eigenvalue weighted by Gasteiger charge is 3.00. The zero-order valence-electron chi connectivity index (χ0n) is 16.7. The Morgan fingerprint density at radius 3 is 2.77 bits per heavy atom. The molecule has 2 aliphatic rings. The summed E-state index contributed by atoms with van der Waals surface area (Å²) in [4.78, 5) is 36.1. The Balaban J connectivity index is 1.82. The average Bonchev–Trinajstić information content (AvgIpc) is 3.02. The van der Waals surface area contributed by atoms with Gasteiger partial charge in [-0.2, -0.15) is 0 Å². The average molecular weight is 433 g/mol. The first kappa shape index (κ1) is 21.0. The Morgan fingerprint density at radius 2 is 2.13 bits per heavy atom. The number of aromatic nitrogens is 4. The van der Waals surface area contributed by atoms with Crippen LogP contribution in [-0.2, 0) is 23.8 Å². The van der Waals surface area contributed by atoms with Gasteiger partial charge in [-0.1, -0.05) is 19.8 Å². The summed E-state index contributed by atoms with van der Waals surface area (Å²) in [7, 11) is 0. The van der Waals surface area contributed by atoms with E-state index in [1.807, 2.05) is 0 Å². The molecular weight excluding hydrogens is 413 g/mol. The molecule has 1 saturated heterocycles. The van der Waals surface area contributed by atoms with Crippen molar-refractivity contribution < 1.29 is 33.3 Å². The highest BCUT2D eigenvalue weighted by Crippen LogP contribution is 2.71. The second-order valence-corrected chi connectivity index (χ2v) is 7.29. The van der Waals surface area contributed by atoms with Crippen LogP contribution in [0.1, 0.15) is 39.3 Å². The van der Waals surface area contributed by atoms with Gasteiger partial charge in [0.05, 0.1) is 6.33 Å². The number of terminal acetylenes is 1. The zero-order valence-corrected chi connectivity index (χ0v) is 16.7. The number of carbonyl (C=O) groups is 2. The first-order valence-electron chi connectivity index (χ1n) is 9.61. The SMILES string of the molecule is C#C[C@]1(O)[C@H](n2cnc3c(N)ncnc32)O[C@]2(F)C(OC(=O)CC)[C@@]21OC(=O)CCC. The van der Waals surface area contributed by atoms with Crippen molar-refractivity contribution in [2.24, 2.45) is 0 Å². The van der Waals surface area contributed by atoms with E-state index in [0.717, 1.165) is 10.9 Å². The Bertz CT molecular complexity index is 1120. The van der Waals surface area contributed by atoms with Crippen LogP contribution in [0.25, 0.3) is 11.2 Å². The fourth-order valence-corrected chi connectivity index (χ4v) is 3.89. The molecule has 31 heavy (non-hydrogen) atoms. The molecule has 1 unspecified atom stereocenters. The summed E-state index contributed by atoms with van der Waals surface area (Å²) in [5.74, 6) is -2.37. The van der Waals surface area contributed by atoms with Crippen molar-refractivity contribution in [2.45, 2.75) is 62.5 Å². The second-order valence-electron chi connectivity index (χ2n) is 7.29. The van der Waals surface area contributed by atoms with Gasteiger partial charge in [0.1, 0.15) is 11.8 Å². The summed E-state index contributed by atoms with van der Waals surface area (Å²) in [6.45, 7) is 3.21. The molecule has 3 N–H and O–H groups in total. The summed E-state index contributed by atoms with van der Waals surface area (Å²) >= 11 is 0. The number of hydrogen-bond donors (Lipinski definition) is 2. The highest BCUT2D eigenvalue weighted by atomic mass is 19.2. The number of rotatable bonds is 6. The van der Waals surface area contributed by atoms with Gasteiger partial charge in [0.2, 0.25) is 11.7 Å². The van der Waals surface area contributed by atoms with E-state index in [4.69, 9.17) is 26.4 Å².